The summed E-state index contributed by atoms with van der Waals surface area (Å²) < 4.78 is 18.6. The van der Waals surface area contributed by atoms with E-state index in [1.165, 1.54) is 5.56 Å². The number of benzene rings is 4. The quantitative estimate of drug-likeness (QED) is 0.158. The Labute approximate surface area is 303 Å². The molecule has 1 amide bonds. The average molecular weight is 701 g/mol. The van der Waals surface area contributed by atoms with Gasteiger partial charge in [0.2, 0.25) is 5.60 Å². The summed E-state index contributed by atoms with van der Waals surface area (Å²) in [5.41, 5.74) is 3.48. The van der Waals surface area contributed by atoms with Crippen LogP contribution in [0.3, 0.4) is 0 Å². The molecule has 0 unspecified atom stereocenters. The molecule has 0 aliphatic carbocycles. The lowest BCUT2D eigenvalue weighted by Gasteiger charge is -2.33. The summed E-state index contributed by atoms with van der Waals surface area (Å²) in [6.45, 7) is 4.47. The summed E-state index contributed by atoms with van der Waals surface area (Å²) in [5.74, 6) is -0.828. The second kappa shape index (κ2) is 16.0. The Morgan fingerprint density at radius 1 is 0.846 bits per heavy atom. The molecule has 2 fully saturated rings. The predicted octanol–water partition coefficient (Wildman–Crippen LogP) is 5.75. The van der Waals surface area contributed by atoms with Crippen molar-refractivity contribution in [2.24, 2.45) is 13.0 Å². The van der Waals surface area contributed by atoms with Gasteiger partial charge in [-0.15, -0.1) is 0 Å². The molecule has 0 saturated carbocycles. The van der Waals surface area contributed by atoms with E-state index in [0.29, 0.717) is 42.1 Å². The van der Waals surface area contributed by atoms with E-state index in [1.807, 2.05) is 42.5 Å². The number of aromatic nitrogens is 2. The van der Waals surface area contributed by atoms with E-state index in [9.17, 15) is 14.7 Å². The molecular weight excluding hydrogens is 656 g/mol. The second-order valence-corrected chi connectivity index (χ2v) is 13.5. The number of ether oxygens (including phenoxy) is 3. The summed E-state index contributed by atoms with van der Waals surface area (Å²) in [7, 11) is 1.76. The van der Waals surface area contributed by atoms with Crippen LogP contribution < -0.4 is 5.32 Å². The summed E-state index contributed by atoms with van der Waals surface area (Å²) >= 11 is 0. The number of hydrogen-bond acceptors (Lipinski definition) is 8. The Kier molecular flexibility index (Phi) is 10.9. The van der Waals surface area contributed by atoms with Gasteiger partial charge in [-0.05, 0) is 60.7 Å². The Hall–Kier alpha value is -5.13. The first-order chi connectivity index (χ1) is 25.4. The molecule has 5 aromatic rings. The van der Waals surface area contributed by atoms with Crippen molar-refractivity contribution in [3.05, 3.63) is 149 Å². The minimum atomic E-state index is -2.05. The number of rotatable bonds is 12. The van der Waals surface area contributed by atoms with Crippen molar-refractivity contribution in [2.45, 2.75) is 37.8 Å². The van der Waals surface area contributed by atoms with E-state index in [4.69, 9.17) is 14.2 Å². The van der Waals surface area contributed by atoms with Gasteiger partial charge in [-0.25, -0.2) is 4.79 Å². The standard InChI is InChI=1S/C42H44N4O6/c1-45-38(26-37(44-45)39(47)43-27-30-15-17-33(18-16-30)40-50-23-24-51-40)34-11-8-14-36(25-34)42(49,35-12-6-3-7-13-35)41(48)52-29-32-19-21-46(22-20-32)28-31-9-4-2-5-10-31/h2-18,25-26,32,40,49H,19-24,27-29H2,1H3,(H,43,47)/t42-/m0/s1. The molecule has 10 nitrogen and oxygen atoms in total. The van der Waals surface area contributed by atoms with Gasteiger partial charge >= 0.3 is 5.97 Å². The van der Waals surface area contributed by atoms with Crippen molar-refractivity contribution in [2.75, 3.05) is 32.9 Å². The van der Waals surface area contributed by atoms with E-state index in [1.54, 1.807) is 60.3 Å². The lowest BCUT2D eigenvalue weighted by atomic mass is 9.85. The Morgan fingerprint density at radius 3 is 2.23 bits per heavy atom. The molecule has 0 spiro atoms. The summed E-state index contributed by atoms with van der Waals surface area (Å²) in [6, 6.07) is 35.9. The normalized spacial score (nSPS) is 16.7. The minimum absolute atomic E-state index is 0.210. The highest BCUT2D eigenvalue weighted by molar-refractivity contribution is 5.93. The van der Waals surface area contributed by atoms with Crippen LogP contribution in [0.4, 0.5) is 0 Å². The fourth-order valence-corrected chi connectivity index (χ4v) is 6.90. The summed E-state index contributed by atoms with van der Waals surface area (Å²) in [6.07, 6.45) is 1.48. The molecule has 2 aliphatic heterocycles. The van der Waals surface area contributed by atoms with Crippen LogP contribution in [0.1, 0.15) is 57.4 Å². The Balaban J connectivity index is 1.02. The first-order valence-corrected chi connectivity index (χ1v) is 17.8. The highest BCUT2D eigenvalue weighted by atomic mass is 16.7. The third-order valence-electron chi connectivity index (χ3n) is 9.91. The number of likely N-dealkylation sites (tertiary alicyclic amines) is 1. The van der Waals surface area contributed by atoms with Gasteiger partial charge < -0.3 is 24.6 Å². The number of piperidine rings is 1. The molecule has 52 heavy (non-hydrogen) atoms. The first-order valence-electron chi connectivity index (χ1n) is 17.8. The SMILES string of the molecule is Cn1nc(C(=O)NCc2ccc(C3OCCO3)cc2)cc1-c1cccc([C@](O)(C(=O)OCC2CCN(Cc3ccccc3)CC2)c2ccccc2)c1. The number of aliphatic hydroxyl groups is 1. The van der Waals surface area contributed by atoms with E-state index in [-0.39, 0.29) is 30.4 Å². The number of aryl methyl sites for hydroxylation is 1. The molecule has 2 N–H and O–H groups in total. The fraction of sp³-hybridized carbons (Fsp3) is 0.310. The number of carbonyl (C=O) groups is 2. The van der Waals surface area contributed by atoms with E-state index < -0.39 is 11.6 Å². The lowest BCUT2D eigenvalue weighted by molar-refractivity contribution is -0.164. The average Bonchev–Trinajstić information content (AvgIpc) is 3.88. The summed E-state index contributed by atoms with van der Waals surface area (Å²) in [5, 5.41) is 19.7. The zero-order valence-corrected chi connectivity index (χ0v) is 29.3. The number of nitrogens with zero attached hydrogens (tertiary/aromatic N) is 3. The largest absolute Gasteiger partial charge is 0.463 e. The maximum atomic E-state index is 13.9. The van der Waals surface area contributed by atoms with E-state index >= 15 is 0 Å². The van der Waals surface area contributed by atoms with Crippen molar-refractivity contribution >= 4 is 11.9 Å². The predicted molar refractivity (Wildman–Crippen MR) is 196 cm³/mol. The van der Waals surface area contributed by atoms with Crippen LogP contribution in [0.5, 0.6) is 0 Å². The van der Waals surface area contributed by atoms with Crippen LogP contribution in [0.2, 0.25) is 0 Å². The van der Waals surface area contributed by atoms with Crippen molar-refractivity contribution in [1.29, 1.82) is 0 Å². The molecule has 0 radical (unpaired) electrons. The van der Waals surface area contributed by atoms with Crippen LogP contribution in [0.15, 0.2) is 115 Å². The number of hydrogen-bond donors (Lipinski definition) is 2. The number of carbonyl (C=O) groups excluding carboxylic acids is 2. The number of esters is 1. The Bertz CT molecular complexity index is 1950. The molecule has 0 bridgehead atoms. The zero-order chi connectivity index (χ0) is 35.9. The van der Waals surface area contributed by atoms with Crippen LogP contribution in [-0.4, -0.2) is 64.6 Å². The summed E-state index contributed by atoms with van der Waals surface area (Å²) in [4.78, 5) is 29.5. The number of amides is 1. The molecule has 2 aliphatic rings. The lowest BCUT2D eigenvalue weighted by Crippen LogP contribution is -2.40. The van der Waals surface area contributed by atoms with Crippen LogP contribution >= 0.6 is 0 Å². The van der Waals surface area contributed by atoms with Gasteiger partial charge in [-0.1, -0.05) is 103 Å². The van der Waals surface area contributed by atoms with Gasteiger partial charge in [0, 0.05) is 36.8 Å². The molecule has 1 aromatic heterocycles. The van der Waals surface area contributed by atoms with Gasteiger partial charge in [0.15, 0.2) is 12.0 Å². The van der Waals surface area contributed by atoms with Crippen LogP contribution in [0, 0.1) is 5.92 Å². The molecule has 268 valence electrons. The monoisotopic (exact) mass is 700 g/mol. The molecular formula is C42H44N4O6. The third-order valence-corrected chi connectivity index (χ3v) is 9.91. The van der Waals surface area contributed by atoms with Gasteiger partial charge in [0.25, 0.3) is 5.91 Å². The maximum absolute atomic E-state index is 13.9. The van der Waals surface area contributed by atoms with Gasteiger partial charge in [-0.3, -0.25) is 14.4 Å². The topological polar surface area (TPSA) is 115 Å². The highest BCUT2D eigenvalue weighted by Crippen LogP contribution is 2.34. The van der Waals surface area contributed by atoms with Gasteiger partial charge in [0.05, 0.1) is 25.5 Å². The van der Waals surface area contributed by atoms with Crippen molar-refractivity contribution < 1.29 is 28.9 Å². The fourth-order valence-electron chi connectivity index (χ4n) is 6.90. The molecule has 4 aromatic carbocycles. The number of nitrogens with one attached hydrogen (secondary N) is 1. The Morgan fingerprint density at radius 2 is 1.52 bits per heavy atom. The molecule has 2 saturated heterocycles. The molecule has 7 rings (SSSR count). The van der Waals surface area contributed by atoms with Crippen molar-refractivity contribution in [1.82, 2.24) is 20.0 Å². The van der Waals surface area contributed by atoms with Crippen LogP contribution in [0.25, 0.3) is 11.3 Å². The van der Waals surface area contributed by atoms with Gasteiger partial charge in [-0.2, -0.15) is 5.10 Å². The zero-order valence-electron chi connectivity index (χ0n) is 29.3. The second-order valence-electron chi connectivity index (χ2n) is 13.5. The molecule has 10 heteroatoms. The van der Waals surface area contributed by atoms with Crippen molar-refractivity contribution in [3.8, 4) is 11.3 Å². The van der Waals surface area contributed by atoms with Crippen LogP contribution in [-0.2, 0) is 44.7 Å². The minimum Gasteiger partial charge on any atom is -0.463 e. The first kappa shape index (κ1) is 35.3. The third kappa shape index (κ3) is 8.00. The van der Waals surface area contributed by atoms with E-state index in [0.717, 1.165) is 43.6 Å². The molecule has 3 heterocycles. The van der Waals surface area contributed by atoms with E-state index in [2.05, 4.69) is 39.6 Å². The van der Waals surface area contributed by atoms with Gasteiger partial charge in [0.1, 0.15) is 0 Å². The molecule has 1 atom stereocenters. The maximum Gasteiger partial charge on any atom is 0.347 e. The van der Waals surface area contributed by atoms with Crippen molar-refractivity contribution in [3.63, 3.8) is 0 Å². The smallest absolute Gasteiger partial charge is 0.347 e. The highest BCUT2D eigenvalue weighted by Gasteiger charge is 2.42.